The number of hydrogen-bond acceptors (Lipinski definition) is 3. The van der Waals surface area contributed by atoms with E-state index in [1.165, 1.54) is 49.8 Å². The van der Waals surface area contributed by atoms with Crippen molar-refractivity contribution in [1.29, 1.82) is 0 Å². The van der Waals surface area contributed by atoms with E-state index in [1.807, 2.05) is 12.1 Å². The van der Waals surface area contributed by atoms with E-state index in [0.717, 1.165) is 36.6 Å². The van der Waals surface area contributed by atoms with Gasteiger partial charge >= 0.3 is 0 Å². The highest BCUT2D eigenvalue weighted by Crippen LogP contribution is 2.36. The molecule has 1 aliphatic heterocycles. The molecule has 1 aliphatic rings. The second-order valence-electron chi connectivity index (χ2n) is 9.62. The van der Waals surface area contributed by atoms with Crippen LogP contribution < -0.4 is 4.74 Å². The van der Waals surface area contributed by atoms with Crippen molar-refractivity contribution in [3.63, 3.8) is 0 Å². The molecular weight excluding hydrogens is 382 g/mol. The summed E-state index contributed by atoms with van der Waals surface area (Å²) in [6, 6.07) is 17.1. The number of piperidine rings is 1. The van der Waals surface area contributed by atoms with Crippen LogP contribution in [0.4, 0.5) is 0 Å². The van der Waals surface area contributed by atoms with Gasteiger partial charge in [0.1, 0.15) is 12.0 Å². The van der Waals surface area contributed by atoms with Crippen molar-refractivity contribution in [2.45, 2.75) is 58.3 Å². The molecule has 0 aromatic heterocycles. The van der Waals surface area contributed by atoms with E-state index in [4.69, 9.17) is 4.74 Å². The molecule has 2 aromatic carbocycles. The number of aldehydes is 1. The highest BCUT2D eigenvalue weighted by atomic mass is 16.5. The van der Waals surface area contributed by atoms with Crippen molar-refractivity contribution < 1.29 is 9.53 Å². The van der Waals surface area contributed by atoms with E-state index in [-0.39, 0.29) is 5.92 Å². The molecule has 2 aromatic rings. The first-order valence-electron chi connectivity index (χ1n) is 11.9. The zero-order valence-corrected chi connectivity index (χ0v) is 19.8. The Hall–Kier alpha value is -2.13. The molecule has 3 heteroatoms. The van der Waals surface area contributed by atoms with Gasteiger partial charge in [-0.05, 0) is 93.8 Å². The lowest BCUT2D eigenvalue weighted by Crippen LogP contribution is -2.38. The predicted octanol–water partition coefficient (Wildman–Crippen LogP) is 5.83. The molecule has 1 heterocycles. The lowest BCUT2D eigenvalue weighted by Gasteiger charge is -2.35. The van der Waals surface area contributed by atoms with Gasteiger partial charge in [-0.3, -0.25) is 0 Å². The summed E-state index contributed by atoms with van der Waals surface area (Å²) in [6.07, 6.45) is 6.88. The van der Waals surface area contributed by atoms with Crippen LogP contribution in [0.15, 0.2) is 48.5 Å². The Balaban J connectivity index is 1.50. The zero-order valence-electron chi connectivity index (χ0n) is 19.8. The molecule has 0 amide bonds. The third-order valence-corrected chi connectivity index (χ3v) is 7.28. The maximum absolute atomic E-state index is 12.3. The molecule has 0 radical (unpaired) electrons. The second-order valence-corrected chi connectivity index (χ2v) is 9.62. The fraction of sp³-hybridized carbons (Fsp3) is 0.536. The molecule has 3 nitrogen and oxygen atoms in total. The number of methoxy groups -OCH3 is 1. The SMILES string of the molecule is COc1ccc(C(C=O)(CCCN2CCC(Cc3ccc(C)cc3)CC2)C(C)C)cc1. The van der Waals surface area contributed by atoms with Crippen molar-refractivity contribution in [3.05, 3.63) is 65.2 Å². The molecule has 31 heavy (non-hydrogen) atoms. The summed E-state index contributed by atoms with van der Waals surface area (Å²) in [5.41, 5.74) is 3.49. The van der Waals surface area contributed by atoms with Gasteiger partial charge in [-0.1, -0.05) is 55.8 Å². The molecule has 168 valence electrons. The first-order chi connectivity index (χ1) is 15.0. The molecule has 0 saturated carbocycles. The zero-order chi connectivity index (χ0) is 22.3. The molecule has 0 N–H and O–H groups in total. The summed E-state index contributed by atoms with van der Waals surface area (Å²) >= 11 is 0. The Morgan fingerprint density at radius 3 is 2.26 bits per heavy atom. The highest BCUT2D eigenvalue weighted by Gasteiger charge is 2.35. The summed E-state index contributed by atoms with van der Waals surface area (Å²) in [4.78, 5) is 14.9. The molecule has 0 aliphatic carbocycles. The third-order valence-electron chi connectivity index (χ3n) is 7.28. The monoisotopic (exact) mass is 421 g/mol. The van der Waals surface area contributed by atoms with Crippen LogP contribution in [0, 0.1) is 18.8 Å². The quantitative estimate of drug-likeness (QED) is 0.452. The number of ether oxygens (including phenoxy) is 1. The third kappa shape index (κ3) is 5.98. The van der Waals surface area contributed by atoms with Crippen molar-refractivity contribution >= 4 is 6.29 Å². The minimum Gasteiger partial charge on any atom is -0.497 e. The Bertz CT molecular complexity index is 804. The van der Waals surface area contributed by atoms with Gasteiger partial charge in [0, 0.05) is 0 Å². The lowest BCUT2D eigenvalue weighted by molar-refractivity contribution is -0.114. The van der Waals surface area contributed by atoms with Crippen molar-refractivity contribution in [2.24, 2.45) is 11.8 Å². The van der Waals surface area contributed by atoms with E-state index in [0.29, 0.717) is 0 Å². The van der Waals surface area contributed by atoms with E-state index < -0.39 is 5.41 Å². The summed E-state index contributed by atoms with van der Waals surface area (Å²) in [5.74, 6) is 1.89. The number of aryl methyl sites for hydroxylation is 1. The Morgan fingerprint density at radius 1 is 1.06 bits per heavy atom. The van der Waals surface area contributed by atoms with Gasteiger partial charge in [-0.15, -0.1) is 0 Å². The lowest BCUT2D eigenvalue weighted by atomic mass is 9.70. The van der Waals surface area contributed by atoms with Crippen molar-refractivity contribution in [3.8, 4) is 5.75 Å². The van der Waals surface area contributed by atoms with Crippen molar-refractivity contribution in [1.82, 2.24) is 4.90 Å². The molecule has 3 rings (SSSR count). The molecule has 0 bridgehead atoms. The summed E-state index contributed by atoms with van der Waals surface area (Å²) in [5, 5.41) is 0. The van der Waals surface area contributed by atoms with Gasteiger partial charge in [0.05, 0.1) is 12.5 Å². The van der Waals surface area contributed by atoms with Crippen LogP contribution in [-0.2, 0) is 16.6 Å². The fourth-order valence-electron chi connectivity index (χ4n) is 5.00. The van der Waals surface area contributed by atoms with Crippen LogP contribution in [0.2, 0.25) is 0 Å². The van der Waals surface area contributed by atoms with Gasteiger partial charge in [0.15, 0.2) is 0 Å². The highest BCUT2D eigenvalue weighted by molar-refractivity contribution is 5.69. The van der Waals surface area contributed by atoms with Gasteiger partial charge in [-0.2, -0.15) is 0 Å². The van der Waals surface area contributed by atoms with Crippen LogP contribution in [0.3, 0.4) is 0 Å². The Kier molecular flexibility index (Phi) is 8.31. The van der Waals surface area contributed by atoms with Crippen LogP contribution in [0.1, 0.15) is 56.2 Å². The maximum atomic E-state index is 12.3. The molecule has 1 fully saturated rings. The maximum Gasteiger partial charge on any atom is 0.130 e. The summed E-state index contributed by atoms with van der Waals surface area (Å²) in [7, 11) is 1.67. The van der Waals surface area contributed by atoms with Crippen LogP contribution in [0.5, 0.6) is 5.75 Å². The number of carbonyl (C=O) groups is 1. The molecule has 1 saturated heterocycles. The average molecular weight is 422 g/mol. The van der Waals surface area contributed by atoms with Crippen LogP contribution >= 0.6 is 0 Å². The predicted molar refractivity (Wildman–Crippen MR) is 129 cm³/mol. The number of hydrogen-bond donors (Lipinski definition) is 0. The average Bonchev–Trinajstić information content (AvgIpc) is 2.79. The largest absolute Gasteiger partial charge is 0.497 e. The normalized spacial score (nSPS) is 17.5. The molecule has 1 unspecified atom stereocenters. The Labute approximate surface area is 188 Å². The number of rotatable bonds is 10. The van der Waals surface area contributed by atoms with E-state index >= 15 is 0 Å². The second kappa shape index (κ2) is 10.9. The summed E-state index contributed by atoms with van der Waals surface area (Å²) in [6.45, 7) is 9.90. The van der Waals surface area contributed by atoms with E-state index in [2.05, 4.69) is 62.1 Å². The molecule has 1 atom stereocenters. The van der Waals surface area contributed by atoms with Gasteiger partial charge in [-0.25, -0.2) is 0 Å². The van der Waals surface area contributed by atoms with Gasteiger partial charge < -0.3 is 14.4 Å². The number of benzene rings is 2. The minimum absolute atomic E-state index is 0.263. The first kappa shape index (κ1) is 23.5. The van der Waals surface area contributed by atoms with Gasteiger partial charge in [0.25, 0.3) is 0 Å². The van der Waals surface area contributed by atoms with E-state index in [1.54, 1.807) is 7.11 Å². The van der Waals surface area contributed by atoms with Crippen molar-refractivity contribution in [2.75, 3.05) is 26.7 Å². The van der Waals surface area contributed by atoms with Gasteiger partial charge in [0.2, 0.25) is 0 Å². The number of carbonyl (C=O) groups excluding carboxylic acids is 1. The number of nitrogens with zero attached hydrogens (tertiary/aromatic N) is 1. The fourth-order valence-corrected chi connectivity index (χ4v) is 5.00. The van der Waals surface area contributed by atoms with E-state index in [9.17, 15) is 4.79 Å². The number of likely N-dealkylation sites (tertiary alicyclic amines) is 1. The first-order valence-corrected chi connectivity index (χ1v) is 11.9. The summed E-state index contributed by atoms with van der Waals surface area (Å²) < 4.78 is 5.29. The van der Waals surface area contributed by atoms with Crippen LogP contribution in [-0.4, -0.2) is 37.9 Å². The minimum atomic E-state index is -0.421. The smallest absolute Gasteiger partial charge is 0.130 e. The Morgan fingerprint density at radius 2 is 1.71 bits per heavy atom. The molecular formula is C28H39NO2. The molecule has 0 spiro atoms. The standard InChI is InChI=1S/C28H39NO2/c1-22(2)28(21-30,26-10-12-27(31-4)13-11-26)16-5-17-29-18-14-25(15-19-29)20-24-8-6-23(3)7-9-24/h6-13,21-22,25H,5,14-20H2,1-4H3. The van der Waals surface area contributed by atoms with Crippen LogP contribution in [0.25, 0.3) is 0 Å². The topological polar surface area (TPSA) is 29.5 Å².